The Labute approximate surface area is 81.8 Å². The van der Waals surface area contributed by atoms with Gasteiger partial charge in [0.25, 0.3) is 0 Å². The number of carbonyl (C=O) groups excluding carboxylic acids is 1. The lowest BCUT2D eigenvalue weighted by Gasteiger charge is -2.10. The van der Waals surface area contributed by atoms with Gasteiger partial charge in [-0.3, -0.25) is 0 Å². The molecular formula is C8H14O2S2. The summed E-state index contributed by atoms with van der Waals surface area (Å²) in [5, 5.41) is 0. The third-order valence-electron chi connectivity index (χ3n) is 1.56. The number of ether oxygens (including phenoxy) is 1. The lowest BCUT2D eigenvalue weighted by atomic mass is 10.4. The molecule has 1 aliphatic heterocycles. The molecule has 2 nitrogen and oxygen atoms in total. The summed E-state index contributed by atoms with van der Waals surface area (Å²) in [5.74, 6) is 2.14. The first-order valence-electron chi connectivity index (χ1n) is 4.24. The number of carbonyl (C=O) groups is 1. The molecule has 0 aromatic rings. The van der Waals surface area contributed by atoms with Gasteiger partial charge in [0.2, 0.25) is 0 Å². The smallest absolute Gasteiger partial charge is 0.329 e. The van der Waals surface area contributed by atoms with Crippen molar-refractivity contribution in [1.29, 1.82) is 0 Å². The van der Waals surface area contributed by atoms with Crippen molar-refractivity contribution >= 4 is 29.5 Å². The van der Waals surface area contributed by atoms with Crippen molar-refractivity contribution < 1.29 is 9.53 Å². The highest BCUT2D eigenvalue weighted by molar-refractivity contribution is 8.18. The summed E-state index contributed by atoms with van der Waals surface area (Å²) in [6, 6.07) is 0. The molecule has 1 saturated heterocycles. The van der Waals surface area contributed by atoms with Gasteiger partial charge in [0.15, 0.2) is 0 Å². The van der Waals surface area contributed by atoms with E-state index in [9.17, 15) is 4.79 Å². The lowest BCUT2D eigenvalue weighted by molar-refractivity contribution is -0.140. The zero-order chi connectivity index (χ0) is 8.81. The Hall–Kier alpha value is 0.170. The van der Waals surface area contributed by atoms with Crippen molar-refractivity contribution in [1.82, 2.24) is 0 Å². The van der Waals surface area contributed by atoms with Gasteiger partial charge in [0, 0.05) is 0 Å². The van der Waals surface area contributed by atoms with E-state index in [1.165, 1.54) is 12.8 Å². The quantitative estimate of drug-likeness (QED) is 0.647. The molecule has 70 valence electrons. The van der Waals surface area contributed by atoms with Crippen LogP contribution in [0.1, 0.15) is 19.8 Å². The van der Waals surface area contributed by atoms with E-state index in [0.29, 0.717) is 6.61 Å². The van der Waals surface area contributed by atoms with Crippen molar-refractivity contribution in [3.63, 3.8) is 0 Å². The fourth-order valence-corrected chi connectivity index (χ4v) is 3.52. The second-order valence-corrected chi connectivity index (χ2v) is 5.26. The molecule has 0 radical (unpaired) electrons. The topological polar surface area (TPSA) is 26.3 Å². The van der Waals surface area contributed by atoms with Crippen LogP contribution >= 0.6 is 23.5 Å². The van der Waals surface area contributed by atoms with Crippen molar-refractivity contribution in [3.05, 3.63) is 0 Å². The van der Waals surface area contributed by atoms with Crippen LogP contribution in [-0.2, 0) is 9.53 Å². The van der Waals surface area contributed by atoms with Gasteiger partial charge >= 0.3 is 5.97 Å². The number of rotatable bonds is 2. The number of hydrogen-bond donors (Lipinski definition) is 0. The largest absolute Gasteiger partial charge is 0.465 e. The van der Waals surface area contributed by atoms with Gasteiger partial charge in [-0.1, -0.05) is 0 Å². The summed E-state index contributed by atoms with van der Waals surface area (Å²) in [7, 11) is 0. The molecule has 1 heterocycles. The van der Waals surface area contributed by atoms with E-state index >= 15 is 0 Å². The Kier molecular flexibility index (Phi) is 4.92. The molecule has 1 fully saturated rings. The standard InChI is InChI=1S/C8H14O2S2/c1-2-10-7(9)8-11-5-3-4-6-12-8/h8H,2-6H2,1H3. The molecule has 1 rings (SSSR count). The molecule has 0 saturated carbocycles. The third-order valence-corrected chi connectivity index (χ3v) is 4.41. The SMILES string of the molecule is CCOC(=O)C1SCCCCS1. The van der Waals surface area contributed by atoms with Crippen LogP contribution in [0, 0.1) is 0 Å². The van der Waals surface area contributed by atoms with Crippen LogP contribution in [0.15, 0.2) is 0 Å². The minimum atomic E-state index is -0.0469. The minimum absolute atomic E-state index is 0.0347. The van der Waals surface area contributed by atoms with Crippen molar-refractivity contribution in [2.24, 2.45) is 0 Å². The molecular weight excluding hydrogens is 192 g/mol. The summed E-state index contributed by atoms with van der Waals surface area (Å²) < 4.78 is 4.99. The van der Waals surface area contributed by atoms with Gasteiger partial charge < -0.3 is 4.74 Å². The van der Waals surface area contributed by atoms with E-state index in [4.69, 9.17) is 4.74 Å². The molecule has 0 bridgehead atoms. The van der Waals surface area contributed by atoms with Crippen LogP contribution < -0.4 is 0 Å². The van der Waals surface area contributed by atoms with Crippen molar-refractivity contribution in [3.8, 4) is 0 Å². The van der Waals surface area contributed by atoms with Crippen LogP contribution in [-0.4, -0.2) is 28.7 Å². The van der Waals surface area contributed by atoms with E-state index in [2.05, 4.69) is 0 Å². The Balaban J connectivity index is 2.32. The van der Waals surface area contributed by atoms with Gasteiger partial charge in [-0.25, -0.2) is 4.79 Å². The first-order valence-corrected chi connectivity index (χ1v) is 6.34. The van der Waals surface area contributed by atoms with E-state index in [1.807, 2.05) is 6.92 Å². The highest BCUT2D eigenvalue weighted by Gasteiger charge is 2.21. The van der Waals surface area contributed by atoms with Crippen molar-refractivity contribution in [2.75, 3.05) is 18.1 Å². The highest BCUT2D eigenvalue weighted by atomic mass is 32.2. The Morgan fingerprint density at radius 3 is 2.50 bits per heavy atom. The van der Waals surface area contributed by atoms with Gasteiger partial charge in [-0.2, -0.15) is 0 Å². The maximum Gasteiger partial charge on any atom is 0.329 e. The molecule has 1 aliphatic rings. The average Bonchev–Trinajstić information content (AvgIpc) is 2.32. The molecule has 0 aromatic heterocycles. The number of thioether (sulfide) groups is 2. The predicted octanol–water partition coefficient (Wildman–Crippen LogP) is 2.14. The molecule has 0 aliphatic carbocycles. The van der Waals surface area contributed by atoms with Crippen LogP contribution in [0.2, 0.25) is 0 Å². The van der Waals surface area contributed by atoms with Crippen LogP contribution in [0.3, 0.4) is 0 Å². The van der Waals surface area contributed by atoms with E-state index in [-0.39, 0.29) is 10.6 Å². The summed E-state index contributed by atoms with van der Waals surface area (Å²) in [5.41, 5.74) is 0. The third kappa shape index (κ3) is 3.27. The van der Waals surface area contributed by atoms with Gasteiger partial charge in [0.1, 0.15) is 4.58 Å². The number of esters is 1. The summed E-state index contributed by atoms with van der Waals surface area (Å²) in [4.78, 5) is 11.3. The Morgan fingerprint density at radius 2 is 2.00 bits per heavy atom. The lowest BCUT2D eigenvalue weighted by Crippen LogP contribution is -2.16. The van der Waals surface area contributed by atoms with E-state index in [1.54, 1.807) is 23.5 Å². The van der Waals surface area contributed by atoms with Gasteiger partial charge in [-0.15, -0.1) is 23.5 Å². The second-order valence-electron chi connectivity index (χ2n) is 2.53. The van der Waals surface area contributed by atoms with Crippen molar-refractivity contribution in [2.45, 2.75) is 24.3 Å². The zero-order valence-corrected chi connectivity index (χ0v) is 8.88. The Morgan fingerprint density at radius 1 is 1.42 bits per heavy atom. The zero-order valence-electron chi connectivity index (χ0n) is 7.25. The fraction of sp³-hybridized carbons (Fsp3) is 0.875. The maximum atomic E-state index is 11.3. The normalized spacial score (nSPS) is 20.1. The molecule has 0 aromatic carbocycles. The predicted molar refractivity (Wildman–Crippen MR) is 54.6 cm³/mol. The maximum absolute atomic E-state index is 11.3. The Bertz CT molecular complexity index is 142. The van der Waals surface area contributed by atoms with Gasteiger partial charge in [0.05, 0.1) is 6.61 Å². The second kappa shape index (κ2) is 5.75. The van der Waals surface area contributed by atoms with E-state index < -0.39 is 0 Å². The fourth-order valence-electron chi connectivity index (χ4n) is 0.979. The van der Waals surface area contributed by atoms with Crippen LogP contribution in [0.25, 0.3) is 0 Å². The molecule has 12 heavy (non-hydrogen) atoms. The van der Waals surface area contributed by atoms with Gasteiger partial charge in [-0.05, 0) is 31.3 Å². The summed E-state index contributed by atoms with van der Waals surface area (Å²) in [6.45, 7) is 2.35. The molecule has 4 heteroatoms. The first kappa shape index (κ1) is 10.3. The molecule has 0 N–H and O–H groups in total. The molecule has 0 spiro atoms. The highest BCUT2D eigenvalue weighted by Crippen LogP contribution is 2.30. The summed E-state index contributed by atoms with van der Waals surface area (Å²) in [6.07, 6.45) is 2.46. The van der Waals surface area contributed by atoms with Crippen LogP contribution in [0.5, 0.6) is 0 Å². The number of hydrogen-bond acceptors (Lipinski definition) is 4. The molecule has 0 unspecified atom stereocenters. The van der Waals surface area contributed by atoms with Crippen LogP contribution in [0.4, 0.5) is 0 Å². The minimum Gasteiger partial charge on any atom is -0.465 e. The molecule has 0 atom stereocenters. The monoisotopic (exact) mass is 206 g/mol. The molecule has 0 amide bonds. The first-order chi connectivity index (χ1) is 5.84. The summed E-state index contributed by atoms with van der Waals surface area (Å²) >= 11 is 3.44. The van der Waals surface area contributed by atoms with E-state index in [0.717, 1.165) is 11.5 Å². The average molecular weight is 206 g/mol.